The molecule has 1 aromatic heterocycles. The Bertz CT molecular complexity index is 679. The van der Waals surface area contributed by atoms with Crippen molar-refractivity contribution in [2.45, 2.75) is 19.0 Å². The van der Waals surface area contributed by atoms with Gasteiger partial charge in [-0.15, -0.1) is 0 Å². The Hall–Kier alpha value is -2.38. The molecule has 0 aliphatic rings. The van der Waals surface area contributed by atoms with Gasteiger partial charge in [-0.05, 0) is 18.1 Å². The van der Waals surface area contributed by atoms with Crippen molar-refractivity contribution in [1.82, 2.24) is 9.78 Å². The minimum Gasteiger partial charge on any atom is -0.323 e. The van der Waals surface area contributed by atoms with Crippen molar-refractivity contribution in [2.24, 2.45) is 7.05 Å². The number of hydrogen-bond donors (Lipinski definition) is 1. The highest BCUT2D eigenvalue weighted by Gasteiger charge is 2.37. The number of hydrogen-bond acceptors (Lipinski definition) is 2. The summed E-state index contributed by atoms with van der Waals surface area (Å²) in [5, 5.41) is 5.65. The number of alkyl halides is 3. The maximum atomic E-state index is 13.4. The van der Waals surface area contributed by atoms with Gasteiger partial charge < -0.3 is 5.32 Å². The molecule has 2 aromatic rings. The number of rotatable bonds is 4. The highest BCUT2D eigenvalue weighted by Crippen LogP contribution is 2.34. The zero-order valence-corrected chi connectivity index (χ0v) is 11.6. The van der Waals surface area contributed by atoms with Gasteiger partial charge in [0.25, 0.3) is 0 Å². The lowest BCUT2D eigenvalue weighted by atomic mass is 10.1. The zero-order chi connectivity index (χ0) is 16.3. The van der Waals surface area contributed by atoms with Gasteiger partial charge in [-0.3, -0.25) is 9.48 Å². The Labute approximate surface area is 123 Å². The first kappa shape index (κ1) is 16.0. The minimum absolute atomic E-state index is 0.0973. The highest BCUT2D eigenvalue weighted by molar-refractivity contribution is 5.91. The molecule has 0 saturated heterocycles. The van der Waals surface area contributed by atoms with E-state index in [1.165, 1.54) is 18.2 Å². The van der Waals surface area contributed by atoms with Gasteiger partial charge in [0.1, 0.15) is 5.82 Å². The summed E-state index contributed by atoms with van der Waals surface area (Å²) < 4.78 is 52.5. The Kier molecular flexibility index (Phi) is 4.48. The second-order valence-electron chi connectivity index (χ2n) is 4.67. The Morgan fingerprint density at radius 1 is 1.32 bits per heavy atom. The normalized spacial score (nSPS) is 11.5. The summed E-state index contributed by atoms with van der Waals surface area (Å²) in [5.74, 6) is -1.09. The van der Waals surface area contributed by atoms with Crippen LogP contribution in [0.15, 0.2) is 30.5 Å². The number of carbonyl (C=O) groups is 1. The van der Waals surface area contributed by atoms with Gasteiger partial charge in [-0.1, -0.05) is 18.2 Å². The summed E-state index contributed by atoms with van der Waals surface area (Å²) in [6.45, 7) is 0. The first-order chi connectivity index (χ1) is 10.3. The van der Waals surface area contributed by atoms with Crippen LogP contribution in [0.25, 0.3) is 0 Å². The van der Waals surface area contributed by atoms with Crippen molar-refractivity contribution in [3.63, 3.8) is 0 Å². The predicted octanol–water partition coefficient (Wildman–Crippen LogP) is 3.15. The van der Waals surface area contributed by atoms with E-state index in [-0.39, 0.29) is 12.8 Å². The van der Waals surface area contributed by atoms with Crippen molar-refractivity contribution in [3.05, 3.63) is 47.5 Å². The number of aryl methyl sites for hydroxylation is 2. The molecule has 0 radical (unpaired) electrons. The number of nitrogens with zero attached hydrogens (tertiary/aromatic N) is 2. The lowest BCUT2D eigenvalue weighted by molar-refractivity contribution is -0.143. The van der Waals surface area contributed by atoms with E-state index >= 15 is 0 Å². The Morgan fingerprint density at radius 3 is 2.64 bits per heavy atom. The molecule has 2 rings (SSSR count). The second-order valence-corrected chi connectivity index (χ2v) is 4.67. The molecule has 0 atom stereocenters. The quantitative estimate of drug-likeness (QED) is 0.881. The van der Waals surface area contributed by atoms with Crippen LogP contribution in [0, 0.1) is 5.82 Å². The van der Waals surface area contributed by atoms with Crippen LogP contribution in [-0.4, -0.2) is 15.7 Å². The lowest BCUT2D eigenvalue weighted by Gasteiger charge is -2.10. The highest BCUT2D eigenvalue weighted by atomic mass is 19.4. The van der Waals surface area contributed by atoms with Gasteiger partial charge >= 0.3 is 6.18 Å². The molecule has 1 amide bonds. The number of benzene rings is 1. The van der Waals surface area contributed by atoms with Crippen molar-refractivity contribution < 1.29 is 22.4 Å². The van der Waals surface area contributed by atoms with E-state index in [9.17, 15) is 22.4 Å². The largest absolute Gasteiger partial charge is 0.435 e. The van der Waals surface area contributed by atoms with Crippen molar-refractivity contribution in [3.8, 4) is 0 Å². The van der Waals surface area contributed by atoms with E-state index in [0.29, 0.717) is 10.2 Å². The molecule has 1 heterocycles. The topological polar surface area (TPSA) is 46.9 Å². The van der Waals surface area contributed by atoms with Crippen LogP contribution in [-0.2, 0) is 24.4 Å². The van der Waals surface area contributed by atoms with Crippen molar-refractivity contribution in [1.29, 1.82) is 0 Å². The molecule has 0 bridgehead atoms. The van der Waals surface area contributed by atoms with Gasteiger partial charge in [-0.25, -0.2) is 4.39 Å². The fraction of sp³-hybridized carbons (Fsp3) is 0.286. The standard InChI is InChI=1S/C14H13F4N3O/c1-21-13(14(16,17)18)11(8-19-21)20-12(22)7-6-9-4-2-3-5-10(9)15/h2-5,8H,6-7H2,1H3,(H,20,22). The predicted molar refractivity (Wildman–Crippen MR) is 71.6 cm³/mol. The van der Waals surface area contributed by atoms with E-state index in [2.05, 4.69) is 10.4 Å². The third-order valence-corrected chi connectivity index (χ3v) is 3.06. The number of nitrogens with one attached hydrogen (secondary N) is 1. The summed E-state index contributed by atoms with van der Waals surface area (Å²) in [5.41, 5.74) is -1.11. The third-order valence-electron chi connectivity index (χ3n) is 3.06. The first-order valence-electron chi connectivity index (χ1n) is 6.41. The monoisotopic (exact) mass is 315 g/mol. The summed E-state index contributed by atoms with van der Waals surface area (Å²) in [4.78, 5) is 11.7. The summed E-state index contributed by atoms with van der Waals surface area (Å²) >= 11 is 0. The maximum absolute atomic E-state index is 13.4. The maximum Gasteiger partial charge on any atom is 0.435 e. The van der Waals surface area contributed by atoms with Crippen LogP contribution < -0.4 is 5.32 Å². The fourth-order valence-corrected chi connectivity index (χ4v) is 2.03. The number of halogens is 4. The van der Waals surface area contributed by atoms with Crippen LogP contribution >= 0.6 is 0 Å². The van der Waals surface area contributed by atoms with E-state index in [1.807, 2.05) is 0 Å². The summed E-state index contributed by atoms with van der Waals surface area (Å²) in [6.07, 6.45) is -3.73. The van der Waals surface area contributed by atoms with E-state index in [0.717, 1.165) is 13.2 Å². The van der Waals surface area contributed by atoms with Crippen LogP contribution in [0.3, 0.4) is 0 Å². The molecule has 0 aliphatic heterocycles. The number of amides is 1. The molecule has 4 nitrogen and oxygen atoms in total. The average Bonchev–Trinajstić information content (AvgIpc) is 2.78. The molecule has 0 fully saturated rings. The van der Waals surface area contributed by atoms with Gasteiger partial charge in [0.15, 0.2) is 5.69 Å². The molecule has 1 N–H and O–H groups in total. The van der Waals surface area contributed by atoms with Crippen molar-refractivity contribution >= 4 is 11.6 Å². The zero-order valence-electron chi connectivity index (χ0n) is 11.6. The van der Waals surface area contributed by atoms with E-state index in [1.54, 1.807) is 6.07 Å². The SMILES string of the molecule is Cn1ncc(NC(=O)CCc2ccccc2F)c1C(F)(F)F. The van der Waals surface area contributed by atoms with Crippen LogP contribution in [0.1, 0.15) is 17.7 Å². The molecular formula is C14H13F4N3O. The number of anilines is 1. The molecule has 118 valence electrons. The van der Waals surface area contributed by atoms with E-state index < -0.39 is 29.3 Å². The number of aromatic nitrogens is 2. The summed E-state index contributed by atoms with van der Waals surface area (Å²) in [7, 11) is 1.14. The van der Waals surface area contributed by atoms with Gasteiger partial charge in [0.2, 0.25) is 5.91 Å². The third kappa shape index (κ3) is 3.63. The molecule has 0 aliphatic carbocycles. The molecule has 0 spiro atoms. The number of carbonyl (C=O) groups excluding carboxylic acids is 1. The fourth-order valence-electron chi connectivity index (χ4n) is 2.03. The van der Waals surface area contributed by atoms with Gasteiger partial charge in [-0.2, -0.15) is 18.3 Å². The Morgan fingerprint density at radius 2 is 2.00 bits per heavy atom. The second kappa shape index (κ2) is 6.17. The Balaban J connectivity index is 2.03. The molecule has 0 saturated carbocycles. The average molecular weight is 315 g/mol. The van der Waals surface area contributed by atoms with E-state index in [4.69, 9.17) is 0 Å². The van der Waals surface area contributed by atoms with Crippen LogP contribution in [0.2, 0.25) is 0 Å². The summed E-state index contributed by atoms with van der Waals surface area (Å²) in [6, 6.07) is 5.92. The van der Waals surface area contributed by atoms with Crippen molar-refractivity contribution in [2.75, 3.05) is 5.32 Å². The van der Waals surface area contributed by atoms with Gasteiger partial charge in [0, 0.05) is 13.5 Å². The lowest BCUT2D eigenvalue weighted by Crippen LogP contribution is -2.18. The molecule has 0 unspecified atom stereocenters. The minimum atomic E-state index is -4.63. The molecule has 1 aromatic carbocycles. The van der Waals surface area contributed by atoms with Crippen LogP contribution in [0.5, 0.6) is 0 Å². The van der Waals surface area contributed by atoms with Gasteiger partial charge in [0.05, 0.1) is 11.9 Å². The first-order valence-corrected chi connectivity index (χ1v) is 6.41. The molecule has 8 heteroatoms. The smallest absolute Gasteiger partial charge is 0.323 e. The molecular weight excluding hydrogens is 302 g/mol. The van der Waals surface area contributed by atoms with Crippen LogP contribution in [0.4, 0.5) is 23.2 Å². The molecule has 22 heavy (non-hydrogen) atoms.